The summed E-state index contributed by atoms with van der Waals surface area (Å²) in [4.78, 5) is 31.2. The smallest absolute Gasteiger partial charge is 0.234 e. The van der Waals surface area contributed by atoms with Gasteiger partial charge in [0.25, 0.3) is 0 Å². The Morgan fingerprint density at radius 1 is 1.34 bits per heavy atom. The highest BCUT2D eigenvalue weighted by Gasteiger charge is 2.27. The number of nitrogens with one attached hydrogen (secondary N) is 2. The predicted molar refractivity (Wildman–Crippen MR) is 135 cm³/mol. The monoisotopic (exact) mass is 493 g/mol. The molecule has 182 valence electrons. The number of anilines is 1. The molecule has 0 atom stereocenters. The summed E-state index contributed by atoms with van der Waals surface area (Å²) < 4.78 is 8.48. The topological polar surface area (TPSA) is 127 Å². The largest absolute Gasteiger partial charge is 0.495 e. The first kappa shape index (κ1) is 23.1. The van der Waals surface area contributed by atoms with Gasteiger partial charge >= 0.3 is 0 Å². The van der Waals surface area contributed by atoms with Gasteiger partial charge in [-0.25, -0.2) is 9.50 Å². The molecule has 0 saturated carbocycles. The van der Waals surface area contributed by atoms with E-state index in [4.69, 9.17) is 10.5 Å². The molecule has 1 aromatic carbocycles. The molecule has 4 heterocycles. The van der Waals surface area contributed by atoms with Gasteiger partial charge in [-0.1, -0.05) is 6.07 Å². The molecule has 0 bridgehead atoms. The molecule has 0 unspecified atom stereocenters. The first-order valence-electron chi connectivity index (χ1n) is 11.3. The molecule has 4 N–H and O–H groups in total. The maximum atomic E-state index is 12.0. The SMILES string of the molecule is COc1cc(C)cc2cc(-c3c(CNC(C)=O)c(CN4CCNC(=O)C4)n4ncnc(N)c34)sc12. The maximum Gasteiger partial charge on any atom is 0.234 e. The van der Waals surface area contributed by atoms with Gasteiger partial charge in [0, 0.05) is 49.1 Å². The molecule has 5 rings (SSSR count). The minimum atomic E-state index is -0.137. The van der Waals surface area contributed by atoms with Gasteiger partial charge in [0.05, 0.1) is 24.0 Å². The lowest BCUT2D eigenvalue weighted by Gasteiger charge is -2.26. The number of thiophene rings is 1. The van der Waals surface area contributed by atoms with Crippen molar-refractivity contribution in [2.75, 3.05) is 32.5 Å². The summed E-state index contributed by atoms with van der Waals surface area (Å²) in [5, 5.41) is 11.4. The molecule has 0 spiro atoms. The molecule has 1 aliphatic heterocycles. The van der Waals surface area contributed by atoms with E-state index in [0.29, 0.717) is 44.1 Å². The third kappa shape index (κ3) is 4.28. The van der Waals surface area contributed by atoms with Crippen molar-refractivity contribution in [1.29, 1.82) is 0 Å². The molecular formula is C24H27N7O3S. The number of nitrogens with zero attached hydrogens (tertiary/aromatic N) is 4. The summed E-state index contributed by atoms with van der Waals surface area (Å²) in [5.74, 6) is 1.01. The molecule has 2 amide bonds. The van der Waals surface area contributed by atoms with Crippen molar-refractivity contribution in [2.45, 2.75) is 26.9 Å². The first-order chi connectivity index (χ1) is 16.9. The molecule has 0 radical (unpaired) electrons. The number of nitrogen functional groups attached to an aromatic ring is 1. The molecule has 1 aliphatic rings. The van der Waals surface area contributed by atoms with Crippen molar-refractivity contribution in [3.8, 4) is 16.2 Å². The number of aryl methyl sites for hydroxylation is 1. The molecule has 4 aromatic rings. The summed E-state index contributed by atoms with van der Waals surface area (Å²) in [6, 6.07) is 6.26. The van der Waals surface area contributed by atoms with E-state index in [1.54, 1.807) is 23.0 Å². The lowest BCUT2D eigenvalue weighted by Crippen LogP contribution is -2.47. The number of ether oxygens (including phenoxy) is 1. The minimum Gasteiger partial charge on any atom is -0.495 e. The number of methoxy groups -OCH3 is 1. The van der Waals surface area contributed by atoms with Crippen LogP contribution in [0.2, 0.25) is 0 Å². The molecule has 11 heteroatoms. The van der Waals surface area contributed by atoms with Crippen LogP contribution in [-0.2, 0) is 22.7 Å². The average Bonchev–Trinajstić information content (AvgIpc) is 3.37. The number of nitrogens with two attached hydrogens (primary N) is 1. The number of benzene rings is 1. The molecular weight excluding hydrogens is 466 g/mol. The fourth-order valence-corrected chi connectivity index (χ4v) is 5.84. The van der Waals surface area contributed by atoms with Crippen molar-refractivity contribution < 1.29 is 14.3 Å². The number of piperazine rings is 1. The first-order valence-corrected chi connectivity index (χ1v) is 12.1. The Hall–Kier alpha value is -3.70. The van der Waals surface area contributed by atoms with Crippen LogP contribution in [0.25, 0.3) is 26.0 Å². The Morgan fingerprint density at radius 3 is 2.91 bits per heavy atom. The van der Waals surface area contributed by atoms with Gasteiger partial charge < -0.3 is 21.1 Å². The molecule has 0 aliphatic carbocycles. The van der Waals surface area contributed by atoms with Gasteiger partial charge in [-0.3, -0.25) is 14.5 Å². The number of fused-ring (bicyclic) bond motifs is 2. The number of rotatable bonds is 6. The average molecular weight is 494 g/mol. The lowest BCUT2D eigenvalue weighted by molar-refractivity contribution is -0.124. The fraction of sp³-hybridized carbons (Fsp3) is 0.333. The Morgan fingerprint density at radius 2 is 2.17 bits per heavy atom. The Kier molecular flexibility index (Phi) is 6.03. The summed E-state index contributed by atoms with van der Waals surface area (Å²) in [5.41, 5.74) is 10.8. The van der Waals surface area contributed by atoms with Gasteiger partial charge in [0.1, 0.15) is 17.6 Å². The van der Waals surface area contributed by atoms with Crippen LogP contribution in [0.15, 0.2) is 24.5 Å². The molecule has 10 nitrogen and oxygen atoms in total. The number of amides is 2. The van der Waals surface area contributed by atoms with E-state index in [1.807, 2.05) is 13.0 Å². The Balaban J connectivity index is 1.75. The zero-order valence-corrected chi connectivity index (χ0v) is 20.7. The number of hydrogen-bond donors (Lipinski definition) is 3. The van der Waals surface area contributed by atoms with E-state index < -0.39 is 0 Å². The lowest BCUT2D eigenvalue weighted by atomic mass is 10.1. The van der Waals surface area contributed by atoms with Crippen LogP contribution >= 0.6 is 11.3 Å². The molecule has 35 heavy (non-hydrogen) atoms. The van der Waals surface area contributed by atoms with Crippen LogP contribution < -0.4 is 21.1 Å². The zero-order chi connectivity index (χ0) is 24.7. The number of aromatic nitrogens is 3. The van der Waals surface area contributed by atoms with E-state index >= 15 is 0 Å². The molecule has 1 fully saturated rings. The quantitative estimate of drug-likeness (QED) is 0.375. The van der Waals surface area contributed by atoms with Gasteiger partial charge in [-0.2, -0.15) is 5.10 Å². The van der Waals surface area contributed by atoms with Crippen LogP contribution in [0.3, 0.4) is 0 Å². The van der Waals surface area contributed by atoms with Crippen LogP contribution in [0.1, 0.15) is 23.7 Å². The van der Waals surface area contributed by atoms with E-state index in [2.05, 4.69) is 37.7 Å². The number of carbonyl (C=O) groups is 2. The second-order valence-electron chi connectivity index (χ2n) is 8.67. The third-order valence-corrected chi connectivity index (χ3v) is 7.34. The number of carbonyl (C=O) groups excluding carboxylic acids is 2. The highest BCUT2D eigenvalue weighted by molar-refractivity contribution is 7.22. The van der Waals surface area contributed by atoms with Gasteiger partial charge in [0.2, 0.25) is 11.8 Å². The Labute approximate surface area is 206 Å². The van der Waals surface area contributed by atoms with Gasteiger partial charge in [0.15, 0.2) is 5.82 Å². The highest BCUT2D eigenvalue weighted by Crippen LogP contribution is 2.44. The van der Waals surface area contributed by atoms with Crippen LogP contribution in [-0.4, -0.2) is 58.1 Å². The predicted octanol–water partition coefficient (Wildman–Crippen LogP) is 2.08. The standard InChI is InChI=1S/C24H27N7O3S/c1-13-6-15-8-19(35-23(15)18(7-13)34-3)21-16(9-27-14(2)32)17(10-30-5-4-26-20(33)11-30)31-22(21)24(25)28-12-29-31/h6-8,12H,4-5,9-11H2,1-3H3,(H,26,33)(H,27,32)(H2,25,28,29). The second-order valence-corrected chi connectivity index (χ2v) is 9.72. The van der Waals surface area contributed by atoms with Crippen LogP contribution in [0, 0.1) is 6.92 Å². The third-order valence-electron chi connectivity index (χ3n) is 6.16. The fourth-order valence-electron chi connectivity index (χ4n) is 4.63. The van der Waals surface area contributed by atoms with Crippen molar-refractivity contribution in [1.82, 2.24) is 30.1 Å². The van der Waals surface area contributed by atoms with Gasteiger partial charge in [-0.15, -0.1) is 11.3 Å². The summed E-state index contributed by atoms with van der Waals surface area (Å²) >= 11 is 1.60. The second kappa shape index (κ2) is 9.16. The van der Waals surface area contributed by atoms with Crippen molar-refractivity contribution >= 4 is 44.6 Å². The zero-order valence-electron chi connectivity index (χ0n) is 19.8. The number of hydrogen-bond acceptors (Lipinski definition) is 8. The van der Waals surface area contributed by atoms with Gasteiger partial charge in [-0.05, 0) is 30.0 Å². The van der Waals surface area contributed by atoms with E-state index in [0.717, 1.165) is 43.1 Å². The highest BCUT2D eigenvalue weighted by atomic mass is 32.1. The summed E-state index contributed by atoms with van der Waals surface area (Å²) in [6.45, 7) is 5.90. The van der Waals surface area contributed by atoms with E-state index in [1.165, 1.54) is 13.3 Å². The van der Waals surface area contributed by atoms with E-state index in [9.17, 15) is 9.59 Å². The summed E-state index contributed by atoms with van der Waals surface area (Å²) in [7, 11) is 1.67. The maximum absolute atomic E-state index is 12.0. The Bertz CT molecular complexity index is 1460. The van der Waals surface area contributed by atoms with Crippen LogP contribution in [0.4, 0.5) is 5.82 Å². The van der Waals surface area contributed by atoms with Crippen molar-refractivity contribution in [3.05, 3.63) is 41.3 Å². The normalized spacial score (nSPS) is 14.4. The van der Waals surface area contributed by atoms with E-state index in [-0.39, 0.29) is 11.8 Å². The molecule has 3 aromatic heterocycles. The minimum absolute atomic E-state index is 0.0122. The van der Waals surface area contributed by atoms with Crippen LogP contribution in [0.5, 0.6) is 5.75 Å². The van der Waals surface area contributed by atoms with Crippen molar-refractivity contribution in [3.63, 3.8) is 0 Å². The molecule has 1 saturated heterocycles. The summed E-state index contributed by atoms with van der Waals surface area (Å²) in [6.07, 6.45) is 1.43. The van der Waals surface area contributed by atoms with Crippen molar-refractivity contribution in [2.24, 2.45) is 0 Å².